The molecule has 0 radical (unpaired) electrons. The number of hydrogen-bond donors (Lipinski definition) is 3. The largest absolute Gasteiger partial charge is 0.437 e. The molecule has 0 aliphatic carbocycles. The fourth-order valence-corrected chi connectivity index (χ4v) is 1.61. The lowest BCUT2D eigenvalue weighted by Gasteiger charge is -2.10. The number of amides is 1. The smallest absolute Gasteiger partial charge is 0.268 e. The van der Waals surface area contributed by atoms with Gasteiger partial charge >= 0.3 is 0 Å². The predicted octanol–water partition coefficient (Wildman–Crippen LogP) is 1.22. The van der Waals surface area contributed by atoms with Crippen molar-refractivity contribution < 1.29 is 9.53 Å². The quantitative estimate of drug-likeness (QED) is 0.557. The number of hydrazine groups is 1. The number of anilines is 1. The summed E-state index contributed by atoms with van der Waals surface area (Å²) in [5.41, 5.74) is 9.09. The zero-order valence-electron chi connectivity index (χ0n) is 11.0. The first-order valence-corrected chi connectivity index (χ1v) is 6.04. The summed E-state index contributed by atoms with van der Waals surface area (Å²) in [5, 5.41) is 0. The number of carbonyl (C=O) groups excluding carboxylic acids is 1. The molecule has 1 aromatic carbocycles. The van der Waals surface area contributed by atoms with Crippen LogP contribution in [0.3, 0.4) is 0 Å². The van der Waals surface area contributed by atoms with Crippen molar-refractivity contribution >= 4 is 11.6 Å². The van der Waals surface area contributed by atoms with Crippen LogP contribution in [0.4, 0.5) is 5.69 Å². The van der Waals surface area contributed by atoms with Gasteiger partial charge in [0.25, 0.3) is 5.91 Å². The van der Waals surface area contributed by atoms with Crippen LogP contribution in [-0.2, 0) is 6.42 Å². The van der Waals surface area contributed by atoms with Gasteiger partial charge in [0.2, 0.25) is 5.88 Å². The van der Waals surface area contributed by atoms with E-state index in [2.05, 4.69) is 15.4 Å². The highest BCUT2D eigenvalue weighted by atomic mass is 16.5. The third kappa shape index (κ3) is 3.01. The predicted molar refractivity (Wildman–Crippen MR) is 74.3 cm³/mol. The number of nitrogen functional groups attached to an aromatic ring is 1. The second-order valence-electron chi connectivity index (χ2n) is 4.00. The van der Waals surface area contributed by atoms with Crippen molar-refractivity contribution in [2.24, 2.45) is 11.6 Å². The Hall–Kier alpha value is -2.67. The van der Waals surface area contributed by atoms with Gasteiger partial charge < -0.3 is 15.9 Å². The Morgan fingerprint density at radius 1 is 1.45 bits per heavy atom. The van der Waals surface area contributed by atoms with Crippen LogP contribution in [0.25, 0.3) is 0 Å². The molecule has 0 saturated carbocycles. The SMILES string of the molecule is CCc1nc(C(N)=O)cnc1Oc1cccc(NN)c1. The highest BCUT2D eigenvalue weighted by molar-refractivity contribution is 5.90. The maximum Gasteiger partial charge on any atom is 0.268 e. The van der Waals surface area contributed by atoms with Crippen LogP contribution in [0.15, 0.2) is 30.5 Å². The monoisotopic (exact) mass is 273 g/mol. The number of rotatable bonds is 5. The number of primary amides is 1. The summed E-state index contributed by atoms with van der Waals surface area (Å²) >= 11 is 0. The number of ether oxygens (including phenoxy) is 1. The van der Waals surface area contributed by atoms with Crippen molar-refractivity contribution in [1.29, 1.82) is 0 Å². The summed E-state index contributed by atoms with van der Waals surface area (Å²) in [6.45, 7) is 1.89. The van der Waals surface area contributed by atoms with E-state index in [1.165, 1.54) is 6.20 Å². The van der Waals surface area contributed by atoms with Gasteiger partial charge in [-0.1, -0.05) is 13.0 Å². The van der Waals surface area contributed by atoms with Gasteiger partial charge in [-0.05, 0) is 18.6 Å². The average molecular weight is 273 g/mol. The normalized spacial score (nSPS) is 10.1. The minimum absolute atomic E-state index is 0.117. The van der Waals surface area contributed by atoms with Crippen LogP contribution in [0.2, 0.25) is 0 Å². The average Bonchev–Trinajstić information content (AvgIpc) is 2.47. The Kier molecular flexibility index (Phi) is 4.11. The summed E-state index contributed by atoms with van der Waals surface area (Å²) in [6.07, 6.45) is 1.86. The van der Waals surface area contributed by atoms with E-state index in [0.717, 1.165) is 0 Å². The second-order valence-corrected chi connectivity index (χ2v) is 4.00. The zero-order chi connectivity index (χ0) is 14.5. The summed E-state index contributed by atoms with van der Waals surface area (Å²) in [4.78, 5) is 19.3. The Balaban J connectivity index is 2.30. The maximum atomic E-state index is 11.1. The van der Waals surface area contributed by atoms with Gasteiger partial charge in [-0.3, -0.25) is 10.6 Å². The lowest BCUT2D eigenvalue weighted by Crippen LogP contribution is -2.15. The van der Waals surface area contributed by atoms with E-state index >= 15 is 0 Å². The first-order chi connectivity index (χ1) is 9.63. The van der Waals surface area contributed by atoms with E-state index in [1.54, 1.807) is 24.3 Å². The molecule has 0 unspecified atom stereocenters. The van der Waals surface area contributed by atoms with Crippen LogP contribution >= 0.6 is 0 Å². The Morgan fingerprint density at radius 2 is 2.25 bits per heavy atom. The number of aryl methyl sites for hydroxylation is 1. The fourth-order valence-electron chi connectivity index (χ4n) is 1.61. The third-order valence-corrected chi connectivity index (χ3v) is 2.61. The van der Waals surface area contributed by atoms with Gasteiger partial charge in [-0.2, -0.15) is 0 Å². The molecular formula is C13H15N5O2. The first kappa shape index (κ1) is 13.8. The number of nitrogens with one attached hydrogen (secondary N) is 1. The van der Waals surface area contributed by atoms with E-state index in [1.807, 2.05) is 6.92 Å². The van der Waals surface area contributed by atoms with Crippen LogP contribution in [0.5, 0.6) is 11.6 Å². The van der Waals surface area contributed by atoms with Crippen molar-refractivity contribution in [2.45, 2.75) is 13.3 Å². The number of nitrogens with zero attached hydrogens (tertiary/aromatic N) is 2. The standard InChI is InChI=1S/C13H15N5O2/c1-2-10-13(16-7-11(17-10)12(14)19)20-9-5-3-4-8(6-9)18-15/h3-7,18H,2,15H2,1H3,(H2,14,19). The van der Waals surface area contributed by atoms with Gasteiger partial charge in [0.15, 0.2) is 0 Å². The Labute approximate surface area is 115 Å². The van der Waals surface area contributed by atoms with Gasteiger partial charge in [-0.15, -0.1) is 0 Å². The summed E-state index contributed by atoms with van der Waals surface area (Å²) in [7, 11) is 0. The molecule has 0 spiro atoms. The highest BCUT2D eigenvalue weighted by Gasteiger charge is 2.11. The lowest BCUT2D eigenvalue weighted by molar-refractivity contribution is 0.0995. The second kappa shape index (κ2) is 5.98. The van der Waals surface area contributed by atoms with Crippen molar-refractivity contribution in [3.63, 3.8) is 0 Å². The number of carbonyl (C=O) groups is 1. The minimum Gasteiger partial charge on any atom is -0.437 e. The number of nitrogens with two attached hydrogens (primary N) is 2. The van der Waals surface area contributed by atoms with E-state index in [-0.39, 0.29) is 5.69 Å². The van der Waals surface area contributed by atoms with Crippen LogP contribution in [-0.4, -0.2) is 15.9 Å². The van der Waals surface area contributed by atoms with Crippen LogP contribution in [0.1, 0.15) is 23.1 Å². The molecule has 0 fully saturated rings. The molecule has 1 heterocycles. The van der Waals surface area contributed by atoms with E-state index < -0.39 is 5.91 Å². The zero-order valence-corrected chi connectivity index (χ0v) is 11.0. The molecule has 7 nitrogen and oxygen atoms in total. The van der Waals surface area contributed by atoms with Crippen LogP contribution < -0.4 is 21.7 Å². The lowest BCUT2D eigenvalue weighted by atomic mass is 10.3. The molecule has 2 rings (SSSR count). The molecule has 0 aliphatic heterocycles. The Morgan fingerprint density at radius 3 is 2.90 bits per heavy atom. The van der Waals surface area contributed by atoms with Crippen molar-refractivity contribution in [3.8, 4) is 11.6 Å². The van der Waals surface area contributed by atoms with Gasteiger partial charge in [0.1, 0.15) is 17.1 Å². The molecule has 20 heavy (non-hydrogen) atoms. The molecule has 0 atom stereocenters. The molecule has 2 aromatic rings. The molecular weight excluding hydrogens is 258 g/mol. The van der Waals surface area contributed by atoms with E-state index in [0.29, 0.717) is 29.4 Å². The minimum atomic E-state index is -0.618. The summed E-state index contributed by atoms with van der Waals surface area (Å²) in [6, 6.07) is 7.09. The van der Waals surface area contributed by atoms with Crippen molar-refractivity contribution in [2.75, 3.05) is 5.43 Å². The fraction of sp³-hybridized carbons (Fsp3) is 0.154. The molecule has 1 aromatic heterocycles. The third-order valence-electron chi connectivity index (χ3n) is 2.61. The summed E-state index contributed by atoms with van der Waals surface area (Å²) < 4.78 is 5.66. The summed E-state index contributed by atoms with van der Waals surface area (Å²) in [5.74, 6) is 5.62. The maximum absolute atomic E-state index is 11.1. The molecule has 0 aliphatic rings. The van der Waals surface area contributed by atoms with Gasteiger partial charge in [-0.25, -0.2) is 9.97 Å². The molecule has 104 valence electrons. The van der Waals surface area contributed by atoms with Crippen LogP contribution in [0, 0.1) is 0 Å². The number of benzene rings is 1. The molecule has 0 saturated heterocycles. The molecule has 5 N–H and O–H groups in total. The topological polar surface area (TPSA) is 116 Å². The van der Waals surface area contributed by atoms with Gasteiger partial charge in [0.05, 0.1) is 11.9 Å². The van der Waals surface area contributed by atoms with E-state index in [9.17, 15) is 4.79 Å². The first-order valence-electron chi connectivity index (χ1n) is 6.04. The molecule has 1 amide bonds. The molecule has 7 heteroatoms. The number of hydrogen-bond acceptors (Lipinski definition) is 6. The molecule has 0 bridgehead atoms. The van der Waals surface area contributed by atoms with E-state index in [4.69, 9.17) is 16.3 Å². The Bertz CT molecular complexity index is 630. The number of aromatic nitrogens is 2. The highest BCUT2D eigenvalue weighted by Crippen LogP contribution is 2.24. The van der Waals surface area contributed by atoms with Gasteiger partial charge in [0, 0.05) is 6.07 Å². The van der Waals surface area contributed by atoms with Crippen molar-refractivity contribution in [1.82, 2.24) is 9.97 Å². The van der Waals surface area contributed by atoms with Crippen molar-refractivity contribution in [3.05, 3.63) is 41.9 Å².